The standard InChI is InChI=1S/C17H25NO/c1-4-5-15-8-9-18(11-15)12-17(19)16-10-13(2)6-7-14(16)3/h6-7,10,15H,4-5,8-9,11-12H2,1-3H3. The predicted molar refractivity (Wildman–Crippen MR) is 79.7 cm³/mol. The fourth-order valence-electron chi connectivity index (χ4n) is 3.02. The average molecular weight is 259 g/mol. The molecule has 19 heavy (non-hydrogen) atoms. The van der Waals surface area contributed by atoms with Crippen LogP contribution in [-0.4, -0.2) is 30.3 Å². The summed E-state index contributed by atoms with van der Waals surface area (Å²) >= 11 is 0. The molecule has 2 nitrogen and oxygen atoms in total. The molecule has 1 saturated heterocycles. The summed E-state index contributed by atoms with van der Waals surface area (Å²) in [5.41, 5.74) is 3.16. The van der Waals surface area contributed by atoms with Gasteiger partial charge >= 0.3 is 0 Å². The first kappa shape index (κ1) is 14.3. The first-order valence-corrected chi connectivity index (χ1v) is 7.43. The SMILES string of the molecule is CCCC1CCN(CC(=O)c2cc(C)ccc2C)C1. The van der Waals surface area contributed by atoms with E-state index in [0.717, 1.165) is 30.1 Å². The van der Waals surface area contributed by atoms with Crippen LogP contribution in [0, 0.1) is 19.8 Å². The fraction of sp³-hybridized carbons (Fsp3) is 0.588. The van der Waals surface area contributed by atoms with Crippen molar-refractivity contribution in [2.75, 3.05) is 19.6 Å². The van der Waals surface area contributed by atoms with Crippen molar-refractivity contribution in [1.82, 2.24) is 4.90 Å². The molecule has 0 aliphatic carbocycles. The normalized spacial score (nSPS) is 19.8. The van der Waals surface area contributed by atoms with Crippen molar-refractivity contribution >= 4 is 5.78 Å². The van der Waals surface area contributed by atoms with Crippen LogP contribution in [-0.2, 0) is 0 Å². The summed E-state index contributed by atoms with van der Waals surface area (Å²) < 4.78 is 0. The van der Waals surface area contributed by atoms with Gasteiger partial charge < -0.3 is 0 Å². The Kier molecular flexibility index (Phi) is 4.76. The Morgan fingerprint density at radius 3 is 2.89 bits per heavy atom. The van der Waals surface area contributed by atoms with Crippen molar-refractivity contribution in [2.45, 2.75) is 40.0 Å². The van der Waals surface area contributed by atoms with Crippen LogP contribution < -0.4 is 0 Å². The van der Waals surface area contributed by atoms with Gasteiger partial charge in [0, 0.05) is 12.1 Å². The molecule has 1 unspecified atom stereocenters. The second kappa shape index (κ2) is 6.33. The number of aryl methyl sites for hydroxylation is 2. The third-order valence-electron chi connectivity index (χ3n) is 4.13. The third-order valence-corrected chi connectivity index (χ3v) is 4.13. The monoisotopic (exact) mass is 259 g/mol. The lowest BCUT2D eigenvalue weighted by atomic mass is 10.0. The summed E-state index contributed by atoms with van der Waals surface area (Å²) in [5, 5.41) is 0. The molecular formula is C17H25NO. The molecule has 2 rings (SSSR count). The van der Waals surface area contributed by atoms with Gasteiger partial charge in [-0.3, -0.25) is 9.69 Å². The summed E-state index contributed by atoms with van der Waals surface area (Å²) in [4.78, 5) is 14.7. The Hall–Kier alpha value is -1.15. The van der Waals surface area contributed by atoms with Gasteiger partial charge in [0.1, 0.15) is 0 Å². The largest absolute Gasteiger partial charge is 0.296 e. The van der Waals surface area contributed by atoms with Crippen LogP contribution in [0.15, 0.2) is 18.2 Å². The zero-order valence-electron chi connectivity index (χ0n) is 12.4. The number of rotatable bonds is 5. The van der Waals surface area contributed by atoms with Crippen LogP contribution in [0.2, 0.25) is 0 Å². The number of carbonyl (C=O) groups excluding carboxylic acids is 1. The number of nitrogens with zero attached hydrogens (tertiary/aromatic N) is 1. The molecule has 1 aliphatic rings. The van der Waals surface area contributed by atoms with E-state index in [4.69, 9.17) is 0 Å². The molecule has 104 valence electrons. The number of hydrogen-bond acceptors (Lipinski definition) is 2. The second-order valence-corrected chi connectivity index (χ2v) is 5.92. The quantitative estimate of drug-likeness (QED) is 0.753. The van der Waals surface area contributed by atoms with Gasteiger partial charge in [-0.15, -0.1) is 0 Å². The summed E-state index contributed by atoms with van der Waals surface area (Å²) in [7, 11) is 0. The van der Waals surface area contributed by atoms with Crippen molar-refractivity contribution in [3.63, 3.8) is 0 Å². The predicted octanol–water partition coefficient (Wildman–Crippen LogP) is 3.61. The van der Waals surface area contributed by atoms with Gasteiger partial charge in [0.25, 0.3) is 0 Å². The minimum absolute atomic E-state index is 0.276. The van der Waals surface area contributed by atoms with E-state index in [1.807, 2.05) is 26.0 Å². The van der Waals surface area contributed by atoms with Crippen molar-refractivity contribution in [3.05, 3.63) is 34.9 Å². The minimum Gasteiger partial charge on any atom is -0.296 e. The lowest BCUT2D eigenvalue weighted by molar-refractivity contribution is 0.0942. The Labute approximate surface area is 116 Å². The van der Waals surface area contributed by atoms with Crippen molar-refractivity contribution in [3.8, 4) is 0 Å². The van der Waals surface area contributed by atoms with E-state index in [1.165, 1.54) is 24.8 Å². The maximum Gasteiger partial charge on any atom is 0.177 e. The Balaban J connectivity index is 1.96. The zero-order valence-corrected chi connectivity index (χ0v) is 12.4. The van der Waals surface area contributed by atoms with Gasteiger partial charge in [-0.25, -0.2) is 0 Å². The Morgan fingerprint density at radius 2 is 2.16 bits per heavy atom. The maximum absolute atomic E-state index is 12.4. The molecular weight excluding hydrogens is 234 g/mol. The van der Waals surface area contributed by atoms with Gasteiger partial charge in [-0.2, -0.15) is 0 Å². The van der Waals surface area contributed by atoms with Gasteiger partial charge in [0.05, 0.1) is 6.54 Å². The van der Waals surface area contributed by atoms with E-state index in [0.29, 0.717) is 6.54 Å². The van der Waals surface area contributed by atoms with Crippen molar-refractivity contribution in [2.24, 2.45) is 5.92 Å². The number of ketones is 1. The van der Waals surface area contributed by atoms with Gasteiger partial charge in [-0.1, -0.05) is 31.0 Å². The van der Waals surface area contributed by atoms with Crippen LogP contribution in [0.1, 0.15) is 47.7 Å². The molecule has 1 heterocycles. The maximum atomic E-state index is 12.4. The molecule has 1 fully saturated rings. The molecule has 0 aromatic heterocycles. The highest BCUT2D eigenvalue weighted by molar-refractivity contribution is 5.99. The topological polar surface area (TPSA) is 20.3 Å². The summed E-state index contributed by atoms with van der Waals surface area (Å²) in [6, 6.07) is 6.14. The molecule has 1 atom stereocenters. The highest BCUT2D eigenvalue weighted by atomic mass is 16.1. The zero-order chi connectivity index (χ0) is 13.8. The molecule has 1 aliphatic heterocycles. The molecule has 0 bridgehead atoms. The summed E-state index contributed by atoms with van der Waals surface area (Å²) in [6.45, 7) is 9.08. The molecule has 0 radical (unpaired) electrons. The van der Waals surface area contributed by atoms with Crippen LogP contribution in [0.5, 0.6) is 0 Å². The summed E-state index contributed by atoms with van der Waals surface area (Å²) in [5.74, 6) is 1.08. The van der Waals surface area contributed by atoms with Gasteiger partial charge in [0.15, 0.2) is 5.78 Å². The lowest BCUT2D eigenvalue weighted by Crippen LogP contribution is -2.28. The molecule has 0 saturated carbocycles. The van der Waals surface area contributed by atoms with Crippen LogP contribution in [0.3, 0.4) is 0 Å². The number of benzene rings is 1. The highest BCUT2D eigenvalue weighted by Crippen LogP contribution is 2.21. The van der Waals surface area contributed by atoms with Gasteiger partial charge in [-0.05, 0) is 50.8 Å². The number of carbonyl (C=O) groups is 1. The second-order valence-electron chi connectivity index (χ2n) is 5.92. The third kappa shape index (κ3) is 3.66. The molecule has 1 aromatic rings. The van der Waals surface area contributed by atoms with E-state index in [1.54, 1.807) is 0 Å². The van der Waals surface area contributed by atoms with E-state index in [-0.39, 0.29) is 5.78 Å². The van der Waals surface area contributed by atoms with E-state index >= 15 is 0 Å². The average Bonchev–Trinajstić information content (AvgIpc) is 2.80. The smallest absolute Gasteiger partial charge is 0.177 e. The molecule has 1 aromatic carbocycles. The lowest BCUT2D eigenvalue weighted by Gasteiger charge is -2.16. The molecule has 0 N–H and O–H groups in total. The van der Waals surface area contributed by atoms with E-state index < -0.39 is 0 Å². The van der Waals surface area contributed by atoms with Crippen LogP contribution in [0.25, 0.3) is 0 Å². The van der Waals surface area contributed by atoms with Crippen molar-refractivity contribution in [1.29, 1.82) is 0 Å². The Bertz CT molecular complexity index is 453. The molecule has 0 spiro atoms. The van der Waals surface area contributed by atoms with Crippen molar-refractivity contribution < 1.29 is 4.79 Å². The Morgan fingerprint density at radius 1 is 1.37 bits per heavy atom. The van der Waals surface area contributed by atoms with E-state index in [2.05, 4.69) is 17.9 Å². The van der Waals surface area contributed by atoms with E-state index in [9.17, 15) is 4.79 Å². The van der Waals surface area contributed by atoms with Crippen LogP contribution >= 0.6 is 0 Å². The van der Waals surface area contributed by atoms with Crippen LogP contribution in [0.4, 0.5) is 0 Å². The number of hydrogen-bond donors (Lipinski definition) is 0. The fourth-order valence-corrected chi connectivity index (χ4v) is 3.02. The highest BCUT2D eigenvalue weighted by Gasteiger charge is 2.24. The summed E-state index contributed by atoms with van der Waals surface area (Å²) in [6.07, 6.45) is 3.81. The van der Waals surface area contributed by atoms with Gasteiger partial charge in [0.2, 0.25) is 0 Å². The first-order valence-electron chi connectivity index (χ1n) is 7.43. The number of likely N-dealkylation sites (tertiary alicyclic amines) is 1. The minimum atomic E-state index is 0.276. The molecule has 0 amide bonds. The molecule has 2 heteroatoms. The number of Topliss-reactive ketones (excluding diaryl/α,β-unsaturated/α-hetero) is 1. The first-order chi connectivity index (χ1) is 9.10.